The number of nitrogens with zero attached hydrogens (tertiary/aromatic N) is 1. The van der Waals surface area contributed by atoms with Gasteiger partial charge in [0.05, 0.1) is 5.02 Å². The Kier molecular flexibility index (Phi) is 3.80. The zero-order valence-corrected chi connectivity index (χ0v) is 12.1. The zero-order valence-electron chi connectivity index (χ0n) is 8.94. The molecular weight excluding hydrogens is 328 g/mol. The first kappa shape index (κ1) is 13.3. The lowest BCUT2D eigenvalue weighted by molar-refractivity contribution is 0.472. The first-order valence-electron chi connectivity index (χ1n) is 5.12. The van der Waals surface area contributed by atoms with E-state index in [1.54, 1.807) is 18.2 Å². The fourth-order valence-corrected chi connectivity index (χ4v) is 5.01. The summed E-state index contributed by atoms with van der Waals surface area (Å²) < 4.78 is 26.6. The molecule has 4 nitrogen and oxygen atoms in total. The average molecular weight is 340 g/mol. The SMILES string of the molecule is NC1CCN(S(=O)(=O)c2c(Cl)cccc2Br)C1. The van der Waals surface area contributed by atoms with Crippen molar-refractivity contribution in [1.29, 1.82) is 0 Å². The summed E-state index contributed by atoms with van der Waals surface area (Å²) in [6.45, 7) is 0.793. The van der Waals surface area contributed by atoms with Crippen LogP contribution in [0.25, 0.3) is 0 Å². The lowest BCUT2D eigenvalue weighted by atomic mass is 10.3. The predicted octanol–water partition coefficient (Wildman–Crippen LogP) is 1.82. The topological polar surface area (TPSA) is 63.4 Å². The summed E-state index contributed by atoms with van der Waals surface area (Å²) >= 11 is 9.19. The van der Waals surface area contributed by atoms with Crippen LogP contribution in [0.4, 0.5) is 0 Å². The van der Waals surface area contributed by atoms with Crippen LogP contribution in [0.2, 0.25) is 5.02 Å². The Morgan fingerprint density at radius 1 is 1.47 bits per heavy atom. The maximum Gasteiger partial charge on any atom is 0.245 e. The summed E-state index contributed by atoms with van der Waals surface area (Å²) in [6.07, 6.45) is 0.682. The first-order chi connectivity index (χ1) is 7.93. The fraction of sp³-hybridized carbons (Fsp3) is 0.400. The largest absolute Gasteiger partial charge is 0.326 e. The Balaban J connectivity index is 2.45. The van der Waals surface area contributed by atoms with Crippen molar-refractivity contribution in [2.24, 2.45) is 5.73 Å². The minimum absolute atomic E-state index is 0.0916. The van der Waals surface area contributed by atoms with Crippen molar-refractivity contribution in [3.8, 4) is 0 Å². The van der Waals surface area contributed by atoms with E-state index in [9.17, 15) is 8.42 Å². The lowest BCUT2D eigenvalue weighted by Crippen LogP contribution is -2.32. The predicted molar refractivity (Wildman–Crippen MR) is 70.5 cm³/mol. The van der Waals surface area contributed by atoms with Crippen LogP contribution in [-0.2, 0) is 10.0 Å². The van der Waals surface area contributed by atoms with E-state index in [1.807, 2.05) is 0 Å². The van der Waals surface area contributed by atoms with Gasteiger partial charge in [0.1, 0.15) is 4.90 Å². The van der Waals surface area contributed by atoms with Gasteiger partial charge in [0.25, 0.3) is 0 Å². The van der Waals surface area contributed by atoms with E-state index in [0.717, 1.165) is 0 Å². The van der Waals surface area contributed by atoms with Crippen molar-refractivity contribution in [1.82, 2.24) is 4.31 Å². The van der Waals surface area contributed by atoms with Crippen molar-refractivity contribution >= 4 is 37.6 Å². The lowest BCUT2D eigenvalue weighted by Gasteiger charge is -2.17. The minimum Gasteiger partial charge on any atom is -0.326 e. The number of benzene rings is 1. The molecule has 1 aliphatic heterocycles. The van der Waals surface area contributed by atoms with Gasteiger partial charge in [-0.15, -0.1) is 0 Å². The Hall–Kier alpha value is -0.140. The van der Waals surface area contributed by atoms with Gasteiger partial charge in [0, 0.05) is 23.6 Å². The van der Waals surface area contributed by atoms with Crippen LogP contribution < -0.4 is 5.73 Å². The summed E-state index contributed by atoms with van der Waals surface area (Å²) in [7, 11) is -3.56. The minimum atomic E-state index is -3.56. The Labute approximate surface area is 114 Å². The van der Waals surface area contributed by atoms with E-state index in [1.165, 1.54) is 4.31 Å². The number of hydrogen-bond acceptors (Lipinski definition) is 3. The normalized spacial score (nSPS) is 21.9. The molecule has 1 aromatic rings. The Morgan fingerprint density at radius 3 is 2.71 bits per heavy atom. The monoisotopic (exact) mass is 338 g/mol. The van der Waals surface area contributed by atoms with Gasteiger partial charge in [-0.25, -0.2) is 8.42 Å². The fourth-order valence-electron chi connectivity index (χ4n) is 1.83. The van der Waals surface area contributed by atoms with Gasteiger partial charge in [0.2, 0.25) is 10.0 Å². The summed E-state index contributed by atoms with van der Waals surface area (Å²) in [5, 5.41) is 0.222. The molecule has 1 aliphatic rings. The van der Waals surface area contributed by atoms with E-state index in [2.05, 4.69) is 15.9 Å². The highest BCUT2D eigenvalue weighted by molar-refractivity contribution is 9.10. The van der Waals surface area contributed by atoms with Gasteiger partial charge in [-0.3, -0.25) is 0 Å². The van der Waals surface area contributed by atoms with E-state index in [-0.39, 0.29) is 16.0 Å². The number of sulfonamides is 1. The second-order valence-corrected chi connectivity index (χ2v) is 7.10. The van der Waals surface area contributed by atoms with Crippen LogP contribution >= 0.6 is 27.5 Å². The number of nitrogens with two attached hydrogens (primary N) is 1. The number of halogens is 2. The molecule has 0 bridgehead atoms. The van der Waals surface area contributed by atoms with Crippen LogP contribution in [0, 0.1) is 0 Å². The molecule has 0 amide bonds. The zero-order chi connectivity index (χ0) is 12.6. The molecule has 0 saturated carbocycles. The van der Waals surface area contributed by atoms with Crippen LogP contribution in [0.5, 0.6) is 0 Å². The second kappa shape index (κ2) is 4.85. The van der Waals surface area contributed by atoms with Gasteiger partial charge < -0.3 is 5.73 Å². The molecule has 2 N–H and O–H groups in total. The average Bonchev–Trinajstić information content (AvgIpc) is 2.64. The van der Waals surface area contributed by atoms with Gasteiger partial charge >= 0.3 is 0 Å². The molecule has 1 unspecified atom stereocenters. The quantitative estimate of drug-likeness (QED) is 0.894. The molecule has 7 heteroatoms. The van der Waals surface area contributed by atoms with Crippen LogP contribution in [-0.4, -0.2) is 31.9 Å². The summed E-state index contributed by atoms with van der Waals surface area (Å²) in [4.78, 5) is 0.121. The van der Waals surface area contributed by atoms with Crippen LogP contribution in [0.3, 0.4) is 0 Å². The standard InChI is InChI=1S/C10H12BrClN2O2S/c11-8-2-1-3-9(12)10(8)17(15,16)14-5-4-7(13)6-14/h1-3,7H,4-6,13H2. The molecule has 1 saturated heterocycles. The van der Waals surface area contributed by atoms with Crippen molar-refractivity contribution in [3.05, 3.63) is 27.7 Å². The van der Waals surface area contributed by atoms with Gasteiger partial charge in [0.15, 0.2) is 0 Å². The summed E-state index contributed by atoms with van der Waals surface area (Å²) in [5.41, 5.74) is 5.73. The van der Waals surface area contributed by atoms with E-state index < -0.39 is 10.0 Å². The van der Waals surface area contributed by atoms with E-state index in [0.29, 0.717) is 24.0 Å². The summed E-state index contributed by atoms with van der Waals surface area (Å²) in [6, 6.07) is 4.83. The smallest absolute Gasteiger partial charge is 0.245 e. The highest BCUT2D eigenvalue weighted by Gasteiger charge is 2.33. The molecule has 0 aliphatic carbocycles. The van der Waals surface area contributed by atoms with Crippen LogP contribution in [0.15, 0.2) is 27.6 Å². The highest BCUT2D eigenvalue weighted by Crippen LogP contribution is 2.32. The molecular formula is C10H12BrClN2O2S. The third-order valence-corrected chi connectivity index (χ3v) is 6.02. The van der Waals surface area contributed by atoms with Crippen molar-refractivity contribution in [2.75, 3.05) is 13.1 Å². The molecule has 0 spiro atoms. The third kappa shape index (κ3) is 2.51. The molecule has 0 aromatic heterocycles. The van der Waals surface area contributed by atoms with Crippen molar-refractivity contribution < 1.29 is 8.42 Å². The molecule has 0 radical (unpaired) electrons. The second-order valence-electron chi connectivity index (χ2n) is 3.96. The maximum atomic E-state index is 12.4. The molecule has 2 rings (SSSR count). The third-order valence-electron chi connectivity index (χ3n) is 2.70. The molecule has 1 atom stereocenters. The van der Waals surface area contributed by atoms with E-state index >= 15 is 0 Å². The van der Waals surface area contributed by atoms with Gasteiger partial charge in [-0.1, -0.05) is 17.7 Å². The summed E-state index contributed by atoms with van der Waals surface area (Å²) in [5.74, 6) is 0. The molecule has 1 aromatic carbocycles. The van der Waals surface area contributed by atoms with E-state index in [4.69, 9.17) is 17.3 Å². The highest BCUT2D eigenvalue weighted by atomic mass is 79.9. The number of hydrogen-bond donors (Lipinski definition) is 1. The number of rotatable bonds is 2. The molecule has 1 heterocycles. The first-order valence-corrected chi connectivity index (χ1v) is 7.74. The molecule has 1 fully saturated rings. The van der Waals surface area contributed by atoms with Crippen LogP contribution in [0.1, 0.15) is 6.42 Å². The van der Waals surface area contributed by atoms with Crippen molar-refractivity contribution in [3.63, 3.8) is 0 Å². The Morgan fingerprint density at radius 2 is 2.18 bits per heavy atom. The van der Waals surface area contributed by atoms with Gasteiger partial charge in [-0.05, 0) is 34.5 Å². The maximum absolute atomic E-state index is 12.4. The van der Waals surface area contributed by atoms with Gasteiger partial charge in [-0.2, -0.15) is 4.31 Å². The van der Waals surface area contributed by atoms with Crippen molar-refractivity contribution in [2.45, 2.75) is 17.4 Å². The Bertz CT molecular complexity index is 515. The molecule has 94 valence electrons. The molecule has 17 heavy (non-hydrogen) atoms.